The molecule has 1 rings (SSSR count). The molecule has 0 amide bonds. The molecule has 0 aromatic heterocycles. The number of carbonyl (C=O) groups excluding carboxylic acids is 2. The van der Waals surface area contributed by atoms with Gasteiger partial charge in [0.2, 0.25) is 6.17 Å². The van der Waals surface area contributed by atoms with Gasteiger partial charge in [0.15, 0.2) is 11.6 Å². The summed E-state index contributed by atoms with van der Waals surface area (Å²) >= 11 is 0. The molecule has 1 aliphatic rings. The zero-order chi connectivity index (χ0) is 17.0. The van der Waals surface area contributed by atoms with Gasteiger partial charge in [0.05, 0.1) is 12.5 Å². The van der Waals surface area contributed by atoms with Gasteiger partial charge in [-0.25, -0.2) is 4.39 Å². The smallest absolute Gasteiger partial charge is 0.221 e. The van der Waals surface area contributed by atoms with E-state index in [-0.39, 0.29) is 0 Å². The summed E-state index contributed by atoms with van der Waals surface area (Å²) in [6, 6.07) is 0. The third-order valence-electron chi connectivity index (χ3n) is 3.20. The normalized spacial score (nSPS) is 28.4. The minimum Gasteiger partial charge on any atom is -0.510 e. The number of ketones is 2. The van der Waals surface area contributed by atoms with Crippen molar-refractivity contribution in [3.05, 3.63) is 24.0 Å². The Morgan fingerprint density at radius 2 is 1.82 bits per heavy atom. The largest absolute Gasteiger partial charge is 0.510 e. The Balaban J connectivity index is 2.86. The Morgan fingerprint density at radius 3 is 2.36 bits per heavy atom. The zero-order valence-corrected chi connectivity index (χ0v) is 11.3. The second-order valence-corrected chi connectivity index (χ2v) is 4.82. The summed E-state index contributed by atoms with van der Waals surface area (Å²) in [6.45, 7) is -0.898. The summed E-state index contributed by atoms with van der Waals surface area (Å²) in [5.74, 6) is -4.46. The van der Waals surface area contributed by atoms with Gasteiger partial charge in [0, 0.05) is 0 Å². The maximum absolute atomic E-state index is 13.2. The minimum absolute atomic E-state index is 0.712. The Kier molecular flexibility index (Phi) is 6.33. The highest BCUT2D eigenvalue weighted by Crippen LogP contribution is 2.19. The van der Waals surface area contributed by atoms with Crippen LogP contribution in [0.5, 0.6) is 0 Å². The first-order chi connectivity index (χ1) is 10.2. The van der Waals surface area contributed by atoms with Crippen molar-refractivity contribution in [3.8, 4) is 0 Å². The molecule has 0 spiro atoms. The number of hydrogen-bond acceptors (Lipinski definition) is 8. The van der Waals surface area contributed by atoms with Crippen LogP contribution in [0.25, 0.3) is 0 Å². The molecule has 0 aliphatic heterocycles. The topological polar surface area (TPSA) is 156 Å². The maximum atomic E-state index is 13.2. The second-order valence-electron chi connectivity index (χ2n) is 4.82. The van der Waals surface area contributed by atoms with Gasteiger partial charge in [0.25, 0.3) is 0 Å². The fourth-order valence-corrected chi connectivity index (χ4v) is 1.80. The summed E-state index contributed by atoms with van der Waals surface area (Å²) in [7, 11) is 0. The van der Waals surface area contributed by atoms with Gasteiger partial charge in [-0.05, 0) is 12.2 Å². The monoisotopic (exact) mass is 320 g/mol. The molecule has 6 N–H and O–H groups in total. The summed E-state index contributed by atoms with van der Waals surface area (Å²) in [4.78, 5) is 22.4. The summed E-state index contributed by atoms with van der Waals surface area (Å²) in [6.07, 6.45) is -7.72. The Morgan fingerprint density at radius 1 is 1.23 bits per heavy atom. The van der Waals surface area contributed by atoms with Crippen LogP contribution >= 0.6 is 0 Å². The fourth-order valence-electron chi connectivity index (χ4n) is 1.80. The Hall–Kier alpha value is -1.65. The molecule has 8 nitrogen and oxygen atoms in total. The van der Waals surface area contributed by atoms with E-state index in [4.69, 9.17) is 10.2 Å². The van der Waals surface area contributed by atoms with Crippen LogP contribution in [0.4, 0.5) is 4.39 Å². The van der Waals surface area contributed by atoms with Gasteiger partial charge in [-0.2, -0.15) is 0 Å². The van der Waals surface area contributed by atoms with Crippen molar-refractivity contribution in [2.45, 2.75) is 30.6 Å². The first-order valence-corrected chi connectivity index (χ1v) is 6.34. The zero-order valence-electron chi connectivity index (χ0n) is 11.3. The van der Waals surface area contributed by atoms with Crippen LogP contribution in [-0.2, 0) is 9.59 Å². The van der Waals surface area contributed by atoms with Gasteiger partial charge in [0.1, 0.15) is 30.2 Å². The molecule has 0 saturated heterocycles. The van der Waals surface area contributed by atoms with Gasteiger partial charge in [-0.3, -0.25) is 9.59 Å². The van der Waals surface area contributed by atoms with Crippen molar-refractivity contribution in [2.75, 3.05) is 6.61 Å². The van der Waals surface area contributed by atoms with Crippen molar-refractivity contribution < 1.29 is 44.6 Å². The van der Waals surface area contributed by atoms with Crippen molar-refractivity contribution in [3.63, 3.8) is 0 Å². The van der Waals surface area contributed by atoms with E-state index < -0.39 is 60.4 Å². The molecule has 0 bridgehead atoms. The molecular weight excluding hydrogens is 303 g/mol. The molecule has 1 aliphatic carbocycles. The lowest BCUT2D eigenvalue weighted by Gasteiger charge is -2.25. The van der Waals surface area contributed by atoms with Crippen LogP contribution in [0.2, 0.25) is 0 Å². The minimum atomic E-state index is -2.37. The van der Waals surface area contributed by atoms with E-state index in [1.807, 2.05) is 0 Å². The molecule has 0 aromatic carbocycles. The molecule has 0 heterocycles. The molecule has 2 unspecified atom stereocenters. The SMILES string of the molecule is O=C1C=CC(C=C(O)[C@@H](O)[C@@H](O)[C@H](O)[C@H](O)CO)C(=O)C1F. The van der Waals surface area contributed by atoms with Crippen molar-refractivity contribution >= 4 is 11.6 Å². The number of halogens is 1. The average molecular weight is 320 g/mol. The van der Waals surface area contributed by atoms with Gasteiger partial charge in [-0.15, -0.1) is 0 Å². The quantitative estimate of drug-likeness (QED) is 0.232. The number of rotatable bonds is 6. The van der Waals surface area contributed by atoms with E-state index >= 15 is 0 Å². The van der Waals surface area contributed by atoms with Crippen LogP contribution in [0.3, 0.4) is 0 Å². The number of aliphatic hydroxyl groups excluding tert-OH is 6. The fraction of sp³-hybridized carbons (Fsp3) is 0.538. The third-order valence-corrected chi connectivity index (χ3v) is 3.20. The van der Waals surface area contributed by atoms with Gasteiger partial charge < -0.3 is 30.6 Å². The van der Waals surface area contributed by atoms with E-state index in [9.17, 15) is 34.4 Å². The van der Waals surface area contributed by atoms with Crippen LogP contribution in [-0.4, -0.2) is 79.4 Å². The summed E-state index contributed by atoms with van der Waals surface area (Å²) in [5.41, 5.74) is 0. The van der Waals surface area contributed by atoms with Crippen LogP contribution in [0.1, 0.15) is 0 Å². The molecule has 124 valence electrons. The van der Waals surface area contributed by atoms with E-state index in [0.29, 0.717) is 6.08 Å². The van der Waals surface area contributed by atoms with Crippen molar-refractivity contribution in [1.82, 2.24) is 0 Å². The molecule has 9 heteroatoms. The summed E-state index contributed by atoms with van der Waals surface area (Å²) < 4.78 is 13.2. The van der Waals surface area contributed by atoms with E-state index in [1.165, 1.54) is 0 Å². The Bertz CT molecular complexity index is 488. The highest BCUT2D eigenvalue weighted by Gasteiger charge is 2.35. The molecule has 0 aromatic rings. The van der Waals surface area contributed by atoms with Crippen LogP contribution in [0.15, 0.2) is 24.0 Å². The molecule has 0 radical (unpaired) electrons. The second kappa shape index (κ2) is 7.56. The standard InChI is InChI=1S/C13H17FO8/c14-9-6(16)2-1-5(10(9)19)3-7(17)11(20)13(22)12(21)8(18)4-15/h1-3,5,8-9,11-13,15,17-18,20-22H,4H2/t5?,8-,9?,11-,12-,13-/m1/s1. The number of allylic oxidation sites excluding steroid dienone is 3. The van der Waals surface area contributed by atoms with Crippen molar-refractivity contribution in [1.29, 1.82) is 0 Å². The third kappa shape index (κ3) is 3.96. The maximum Gasteiger partial charge on any atom is 0.221 e. The number of aliphatic hydroxyl groups is 6. The molecule has 0 fully saturated rings. The van der Waals surface area contributed by atoms with Gasteiger partial charge in [-0.1, -0.05) is 6.08 Å². The Labute approximate surface area is 124 Å². The first kappa shape index (κ1) is 18.4. The van der Waals surface area contributed by atoms with Crippen LogP contribution < -0.4 is 0 Å². The van der Waals surface area contributed by atoms with Gasteiger partial charge >= 0.3 is 0 Å². The highest BCUT2D eigenvalue weighted by molar-refractivity contribution is 6.14. The van der Waals surface area contributed by atoms with E-state index in [0.717, 1.165) is 12.2 Å². The lowest BCUT2D eigenvalue weighted by atomic mass is 9.90. The lowest BCUT2D eigenvalue weighted by Crippen LogP contribution is -2.46. The number of hydrogen-bond donors (Lipinski definition) is 6. The predicted molar refractivity (Wildman–Crippen MR) is 69.4 cm³/mol. The van der Waals surface area contributed by atoms with E-state index in [1.54, 1.807) is 0 Å². The van der Waals surface area contributed by atoms with Crippen LogP contribution in [0, 0.1) is 5.92 Å². The highest BCUT2D eigenvalue weighted by atomic mass is 19.1. The number of carbonyl (C=O) groups is 2. The number of Topliss-reactive ketones (excluding diaryl/α,β-unsaturated/α-hetero) is 1. The lowest BCUT2D eigenvalue weighted by molar-refractivity contribution is -0.133. The van der Waals surface area contributed by atoms with Crippen molar-refractivity contribution in [2.24, 2.45) is 5.92 Å². The average Bonchev–Trinajstić information content (AvgIpc) is 2.52. The molecule has 6 atom stereocenters. The molecule has 22 heavy (non-hydrogen) atoms. The number of alkyl halides is 1. The molecule has 0 saturated carbocycles. The predicted octanol–water partition coefficient (Wildman–Crippen LogP) is -2.47. The first-order valence-electron chi connectivity index (χ1n) is 6.34. The van der Waals surface area contributed by atoms with E-state index in [2.05, 4.69) is 0 Å². The summed E-state index contributed by atoms with van der Waals surface area (Å²) in [5, 5.41) is 55.9. The molecular formula is C13H17FO8.